The van der Waals surface area contributed by atoms with Gasteiger partial charge in [-0.15, -0.1) is 0 Å². The van der Waals surface area contributed by atoms with Crippen LogP contribution in [0.15, 0.2) is 0 Å². The van der Waals surface area contributed by atoms with Gasteiger partial charge in [0.2, 0.25) is 5.91 Å². The number of carbonyl (C=O) groups excluding carboxylic acids is 1. The molecule has 2 unspecified atom stereocenters. The molecule has 3 heteroatoms. The number of carbonyl (C=O) groups is 1. The van der Waals surface area contributed by atoms with Crippen molar-refractivity contribution in [1.29, 1.82) is 0 Å². The summed E-state index contributed by atoms with van der Waals surface area (Å²) in [5.41, 5.74) is 0. The molecule has 0 radical (unpaired) electrons. The van der Waals surface area contributed by atoms with E-state index in [2.05, 4.69) is 37.9 Å². The average molecular weight is 282 g/mol. The van der Waals surface area contributed by atoms with Crippen molar-refractivity contribution in [2.75, 3.05) is 19.6 Å². The Balaban J connectivity index is 2.52. The second-order valence-electron chi connectivity index (χ2n) is 6.61. The minimum absolute atomic E-state index is 0.368. The summed E-state index contributed by atoms with van der Waals surface area (Å²) in [5.74, 6) is 1.79. The van der Waals surface area contributed by atoms with Gasteiger partial charge in [0.1, 0.15) is 0 Å². The molecule has 1 N–H and O–H groups in total. The Hall–Kier alpha value is -0.570. The average Bonchev–Trinajstić information content (AvgIpc) is 2.59. The van der Waals surface area contributed by atoms with E-state index in [1.54, 1.807) is 0 Å². The third-order valence-corrected chi connectivity index (χ3v) is 4.56. The molecule has 2 atom stereocenters. The molecule has 1 aliphatic heterocycles. The first-order chi connectivity index (χ1) is 9.58. The summed E-state index contributed by atoms with van der Waals surface area (Å²) in [4.78, 5) is 14.4. The van der Waals surface area contributed by atoms with Crippen LogP contribution in [0.5, 0.6) is 0 Å². The molecule has 0 bridgehead atoms. The molecule has 0 aromatic rings. The zero-order chi connectivity index (χ0) is 15.0. The molecular formula is C17H34N2O. The van der Waals surface area contributed by atoms with Gasteiger partial charge in [-0.05, 0) is 44.1 Å². The number of amides is 1. The first kappa shape index (κ1) is 17.5. The van der Waals surface area contributed by atoms with E-state index in [1.165, 1.54) is 12.8 Å². The van der Waals surface area contributed by atoms with Gasteiger partial charge in [0, 0.05) is 25.6 Å². The zero-order valence-electron chi connectivity index (χ0n) is 14.0. The summed E-state index contributed by atoms with van der Waals surface area (Å²) < 4.78 is 0. The Labute approximate surface area is 125 Å². The van der Waals surface area contributed by atoms with Crippen LogP contribution in [0, 0.1) is 11.8 Å². The maximum absolute atomic E-state index is 12.3. The van der Waals surface area contributed by atoms with E-state index in [9.17, 15) is 4.79 Å². The lowest BCUT2D eigenvalue weighted by molar-refractivity contribution is -0.131. The third-order valence-electron chi connectivity index (χ3n) is 4.56. The quantitative estimate of drug-likeness (QED) is 0.739. The Morgan fingerprint density at radius 2 is 2.00 bits per heavy atom. The van der Waals surface area contributed by atoms with Gasteiger partial charge in [0.15, 0.2) is 0 Å². The standard InChI is InChI=1S/C17H34N2O/c1-5-7-16(18-11-6-2)13-19-12-10-15(14(3)4)8-9-17(19)20/h14-16,18H,5-13H2,1-4H3. The third kappa shape index (κ3) is 5.82. The van der Waals surface area contributed by atoms with Crippen LogP contribution in [0.1, 0.15) is 66.2 Å². The predicted molar refractivity (Wildman–Crippen MR) is 85.7 cm³/mol. The molecule has 0 spiro atoms. The monoisotopic (exact) mass is 282 g/mol. The van der Waals surface area contributed by atoms with Crippen LogP contribution in [0.25, 0.3) is 0 Å². The van der Waals surface area contributed by atoms with E-state index in [1.807, 2.05) is 0 Å². The molecule has 0 aromatic carbocycles. The Bertz CT molecular complexity index is 278. The van der Waals surface area contributed by atoms with Crippen molar-refractivity contribution in [2.24, 2.45) is 11.8 Å². The Morgan fingerprint density at radius 3 is 2.60 bits per heavy atom. The highest BCUT2D eigenvalue weighted by Crippen LogP contribution is 2.25. The summed E-state index contributed by atoms with van der Waals surface area (Å²) in [6.45, 7) is 11.9. The molecule has 1 aliphatic rings. The van der Waals surface area contributed by atoms with E-state index in [-0.39, 0.29) is 0 Å². The molecule has 20 heavy (non-hydrogen) atoms. The molecule has 1 fully saturated rings. The van der Waals surface area contributed by atoms with Crippen LogP contribution in [-0.2, 0) is 4.79 Å². The minimum atomic E-state index is 0.368. The molecule has 1 rings (SSSR count). The van der Waals surface area contributed by atoms with Gasteiger partial charge in [0.25, 0.3) is 0 Å². The minimum Gasteiger partial charge on any atom is -0.341 e. The number of nitrogens with zero attached hydrogens (tertiary/aromatic N) is 1. The van der Waals surface area contributed by atoms with Crippen LogP contribution in [0.3, 0.4) is 0 Å². The van der Waals surface area contributed by atoms with Gasteiger partial charge in [0.05, 0.1) is 0 Å². The van der Waals surface area contributed by atoms with E-state index in [0.717, 1.165) is 51.2 Å². The van der Waals surface area contributed by atoms with Crippen LogP contribution in [0.2, 0.25) is 0 Å². The van der Waals surface area contributed by atoms with E-state index < -0.39 is 0 Å². The van der Waals surface area contributed by atoms with Gasteiger partial charge in [-0.1, -0.05) is 34.1 Å². The topological polar surface area (TPSA) is 32.3 Å². The van der Waals surface area contributed by atoms with Gasteiger partial charge in [-0.25, -0.2) is 0 Å². The van der Waals surface area contributed by atoms with Gasteiger partial charge in [-0.2, -0.15) is 0 Å². The van der Waals surface area contributed by atoms with Crippen LogP contribution in [-0.4, -0.2) is 36.5 Å². The second kappa shape index (κ2) is 9.38. The molecule has 0 saturated carbocycles. The Kier molecular flexibility index (Phi) is 8.20. The zero-order valence-corrected chi connectivity index (χ0v) is 14.0. The lowest BCUT2D eigenvalue weighted by Crippen LogP contribution is -2.43. The summed E-state index contributed by atoms with van der Waals surface area (Å²) in [6.07, 6.45) is 6.50. The molecule has 0 aliphatic carbocycles. The number of likely N-dealkylation sites (tertiary alicyclic amines) is 1. The van der Waals surface area contributed by atoms with E-state index >= 15 is 0 Å². The summed E-state index contributed by atoms with van der Waals surface area (Å²) in [6, 6.07) is 0.472. The largest absolute Gasteiger partial charge is 0.341 e. The van der Waals surface area contributed by atoms with Crippen LogP contribution in [0.4, 0.5) is 0 Å². The maximum Gasteiger partial charge on any atom is 0.222 e. The first-order valence-corrected chi connectivity index (χ1v) is 8.59. The van der Waals surface area contributed by atoms with Crippen molar-refractivity contribution in [3.63, 3.8) is 0 Å². The van der Waals surface area contributed by atoms with Crippen LogP contribution >= 0.6 is 0 Å². The summed E-state index contributed by atoms with van der Waals surface area (Å²) in [5, 5.41) is 3.60. The molecule has 0 aromatic heterocycles. The highest BCUT2D eigenvalue weighted by Gasteiger charge is 2.25. The number of hydrogen-bond donors (Lipinski definition) is 1. The normalized spacial score (nSPS) is 22.1. The van der Waals surface area contributed by atoms with E-state index in [0.29, 0.717) is 17.9 Å². The maximum atomic E-state index is 12.3. The molecule has 1 heterocycles. The molecule has 118 valence electrons. The highest BCUT2D eigenvalue weighted by atomic mass is 16.2. The molecule has 1 amide bonds. The van der Waals surface area contributed by atoms with Crippen molar-refractivity contribution in [3.8, 4) is 0 Å². The van der Waals surface area contributed by atoms with Gasteiger partial charge in [-0.3, -0.25) is 4.79 Å². The van der Waals surface area contributed by atoms with Crippen LogP contribution < -0.4 is 5.32 Å². The molecule has 1 saturated heterocycles. The fraction of sp³-hybridized carbons (Fsp3) is 0.941. The number of hydrogen-bond acceptors (Lipinski definition) is 2. The lowest BCUT2D eigenvalue weighted by atomic mass is 9.89. The number of rotatable bonds is 8. The number of nitrogens with one attached hydrogen (secondary N) is 1. The van der Waals surface area contributed by atoms with Gasteiger partial charge < -0.3 is 10.2 Å². The van der Waals surface area contributed by atoms with Gasteiger partial charge >= 0.3 is 0 Å². The second-order valence-corrected chi connectivity index (χ2v) is 6.61. The van der Waals surface area contributed by atoms with Crippen molar-refractivity contribution in [1.82, 2.24) is 10.2 Å². The molecule has 3 nitrogen and oxygen atoms in total. The Morgan fingerprint density at radius 1 is 1.25 bits per heavy atom. The first-order valence-electron chi connectivity index (χ1n) is 8.59. The lowest BCUT2D eigenvalue weighted by Gasteiger charge is -2.27. The van der Waals surface area contributed by atoms with Crippen molar-refractivity contribution >= 4 is 5.91 Å². The van der Waals surface area contributed by atoms with Crippen molar-refractivity contribution < 1.29 is 4.79 Å². The highest BCUT2D eigenvalue weighted by molar-refractivity contribution is 5.76. The predicted octanol–water partition coefficient (Wildman–Crippen LogP) is 3.44. The summed E-state index contributed by atoms with van der Waals surface area (Å²) in [7, 11) is 0. The molecular weight excluding hydrogens is 248 g/mol. The van der Waals surface area contributed by atoms with E-state index in [4.69, 9.17) is 0 Å². The van der Waals surface area contributed by atoms with Crippen molar-refractivity contribution in [3.05, 3.63) is 0 Å². The fourth-order valence-corrected chi connectivity index (χ4v) is 3.14. The SMILES string of the molecule is CCCNC(CCC)CN1CCC(C(C)C)CCC1=O. The fourth-order valence-electron chi connectivity index (χ4n) is 3.14. The summed E-state index contributed by atoms with van der Waals surface area (Å²) >= 11 is 0. The smallest absolute Gasteiger partial charge is 0.222 e. The van der Waals surface area contributed by atoms with Crippen molar-refractivity contribution in [2.45, 2.75) is 72.3 Å².